The Morgan fingerprint density at radius 2 is 2.04 bits per heavy atom. The van der Waals surface area contributed by atoms with Gasteiger partial charge in [-0.15, -0.1) is 0 Å². The van der Waals surface area contributed by atoms with E-state index in [2.05, 4.69) is 10.3 Å². The van der Waals surface area contributed by atoms with E-state index >= 15 is 0 Å². The molecule has 0 atom stereocenters. The van der Waals surface area contributed by atoms with Crippen molar-refractivity contribution in [1.82, 2.24) is 10.3 Å². The minimum atomic E-state index is -3.62. The summed E-state index contributed by atoms with van der Waals surface area (Å²) in [5.41, 5.74) is 7.63. The lowest BCUT2D eigenvalue weighted by Crippen LogP contribution is -2.31. The third-order valence-corrected chi connectivity index (χ3v) is 3.99. The molecule has 134 valence electrons. The van der Waals surface area contributed by atoms with E-state index in [-0.39, 0.29) is 12.3 Å². The monoisotopic (exact) mass is 364 g/mol. The standard InChI is InChI=1S/C16H20N4O4S/c1-11-7-12(10-17)8-15(20-11)24-14-4-2-3-13(9-14)16(21)19-5-6-25(18,22)23/h2-4,7-9H,5-6,10,17H2,1H3,(H,19,21)(H2,18,22,23). The summed E-state index contributed by atoms with van der Waals surface area (Å²) in [5.74, 6) is 0.0608. The topological polar surface area (TPSA) is 137 Å². The maximum absolute atomic E-state index is 12.1. The third-order valence-electron chi connectivity index (χ3n) is 3.22. The Labute approximate surface area is 146 Å². The van der Waals surface area contributed by atoms with Gasteiger partial charge in [0, 0.05) is 30.4 Å². The fourth-order valence-electron chi connectivity index (χ4n) is 2.11. The van der Waals surface area contributed by atoms with E-state index in [4.69, 9.17) is 15.6 Å². The smallest absolute Gasteiger partial charge is 0.251 e. The lowest BCUT2D eigenvalue weighted by molar-refractivity contribution is 0.0956. The van der Waals surface area contributed by atoms with Crippen molar-refractivity contribution in [3.8, 4) is 11.6 Å². The predicted molar refractivity (Wildman–Crippen MR) is 93.7 cm³/mol. The number of aromatic nitrogens is 1. The van der Waals surface area contributed by atoms with Gasteiger partial charge in [-0.1, -0.05) is 6.07 Å². The number of rotatable bonds is 7. The number of sulfonamides is 1. The van der Waals surface area contributed by atoms with Gasteiger partial charge in [0.1, 0.15) is 5.75 Å². The van der Waals surface area contributed by atoms with Gasteiger partial charge in [0.05, 0.1) is 5.75 Å². The van der Waals surface area contributed by atoms with Crippen LogP contribution < -0.4 is 20.9 Å². The van der Waals surface area contributed by atoms with Crippen LogP contribution in [0.5, 0.6) is 11.6 Å². The number of nitrogens with zero attached hydrogens (tertiary/aromatic N) is 1. The Morgan fingerprint density at radius 1 is 1.28 bits per heavy atom. The van der Waals surface area contributed by atoms with Crippen LogP contribution in [0.2, 0.25) is 0 Å². The number of ether oxygens (including phenoxy) is 1. The maximum Gasteiger partial charge on any atom is 0.251 e. The lowest BCUT2D eigenvalue weighted by atomic mass is 10.2. The van der Waals surface area contributed by atoms with Crippen LogP contribution >= 0.6 is 0 Å². The number of aryl methyl sites for hydroxylation is 1. The molecule has 1 aromatic carbocycles. The fourth-order valence-corrected chi connectivity index (χ4v) is 2.49. The van der Waals surface area contributed by atoms with Crippen LogP contribution in [0, 0.1) is 6.92 Å². The van der Waals surface area contributed by atoms with Gasteiger partial charge in [0.2, 0.25) is 15.9 Å². The Morgan fingerprint density at radius 3 is 2.72 bits per heavy atom. The van der Waals surface area contributed by atoms with Crippen molar-refractivity contribution in [2.75, 3.05) is 12.3 Å². The van der Waals surface area contributed by atoms with E-state index in [1.165, 1.54) is 0 Å². The second-order valence-electron chi connectivity index (χ2n) is 5.41. The number of amides is 1. The largest absolute Gasteiger partial charge is 0.439 e. The van der Waals surface area contributed by atoms with Gasteiger partial charge in [0.25, 0.3) is 5.91 Å². The molecule has 0 saturated carbocycles. The number of primary sulfonamides is 1. The molecule has 2 rings (SSSR count). The molecular formula is C16H20N4O4S. The Bertz CT molecular complexity index is 868. The third kappa shape index (κ3) is 6.14. The molecule has 1 aromatic heterocycles. The molecular weight excluding hydrogens is 344 g/mol. The van der Waals surface area contributed by atoms with E-state index in [0.29, 0.717) is 23.7 Å². The van der Waals surface area contributed by atoms with E-state index in [1.54, 1.807) is 30.3 Å². The summed E-state index contributed by atoms with van der Waals surface area (Å²) in [6.07, 6.45) is 0. The van der Waals surface area contributed by atoms with Crippen LogP contribution in [-0.2, 0) is 16.6 Å². The summed E-state index contributed by atoms with van der Waals surface area (Å²) in [6.45, 7) is 2.13. The molecule has 8 nitrogen and oxygen atoms in total. The van der Waals surface area contributed by atoms with Crippen LogP contribution in [0.15, 0.2) is 36.4 Å². The van der Waals surface area contributed by atoms with Gasteiger partial charge in [-0.05, 0) is 36.8 Å². The summed E-state index contributed by atoms with van der Waals surface area (Å²) in [4.78, 5) is 16.3. The molecule has 9 heteroatoms. The Balaban J connectivity index is 2.08. The van der Waals surface area contributed by atoms with E-state index < -0.39 is 15.9 Å². The van der Waals surface area contributed by atoms with Crippen LogP contribution in [0.25, 0.3) is 0 Å². The predicted octanol–water partition coefficient (Wildman–Crippen LogP) is 0.659. The first-order valence-corrected chi connectivity index (χ1v) is 9.22. The summed E-state index contributed by atoms with van der Waals surface area (Å²) in [7, 11) is -3.62. The Kier molecular flexibility index (Phi) is 6.07. The van der Waals surface area contributed by atoms with Crippen molar-refractivity contribution in [3.63, 3.8) is 0 Å². The number of pyridine rings is 1. The molecule has 0 radical (unpaired) electrons. The van der Waals surface area contributed by atoms with Crippen molar-refractivity contribution >= 4 is 15.9 Å². The van der Waals surface area contributed by atoms with Crippen LogP contribution in [0.3, 0.4) is 0 Å². The van der Waals surface area contributed by atoms with Crippen LogP contribution in [0.1, 0.15) is 21.6 Å². The summed E-state index contributed by atoms with van der Waals surface area (Å²) in [6, 6.07) is 10.1. The van der Waals surface area contributed by atoms with Gasteiger partial charge >= 0.3 is 0 Å². The van der Waals surface area contributed by atoms with Gasteiger partial charge in [-0.25, -0.2) is 18.5 Å². The van der Waals surface area contributed by atoms with E-state index in [0.717, 1.165) is 11.3 Å². The molecule has 0 aliphatic heterocycles. The zero-order valence-corrected chi connectivity index (χ0v) is 14.5. The molecule has 0 saturated heterocycles. The zero-order chi connectivity index (χ0) is 18.4. The minimum Gasteiger partial charge on any atom is -0.439 e. The summed E-state index contributed by atoms with van der Waals surface area (Å²) in [5, 5.41) is 7.38. The van der Waals surface area contributed by atoms with E-state index in [9.17, 15) is 13.2 Å². The average Bonchev–Trinajstić information content (AvgIpc) is 2.53. The van der Waals surface area contributed by atoms with Gasteiger partial charge in [0.15, 0.2) is 0 Å². The highest BCUT2D eigenvalue weighted by molar-refractivity contribution is 7.89. The molecule has 2 aromatic rings. The highest BCUT2D eigenvalue weighted by Gasteiger charge is 2.10. The molecule has 0 bridgehead atoms. The number of hydrogen-bond donors (Lipinski definition) is 3. The number of benzene rings is 1. The van der Waals surface area contributed by atoms with Crippen LogP contribution in [-0.4, -0.2) is 31.6 Å². The molecule has 25 heavy (non-hydrogen) atoms. The van der Waals surface area contributed by atoms with Crippen molar-refractivity contribution in [1.29, 1.82) is 0 Å². The van der Waals surface area contributed by atoms with Crippen molar-refractivity contribution in [3.05, 3.63) is 53.2 Å². The van der Waals surface area contributed by atoms with Crippen molar-refractivity contribution in [2.24, 2.45) is 10.9 Å². The van der Waals surface area contributed by atoms with Gasteiger partial charge < -0.3 is 15.8 Å². The average molecular weight is 364 g/mol. The molecule has 0 fully saturated rings. The highest BCUT2D eigenvalue weighted by atomic mass is 32.2. The highest BCUT2D eigenvalue weighted by Crippen LogP contribution is 2.22. The second-order valence-corrected chi connectivity index (χ2v) is 7.15. The molecule has 1 amide bonds. The normalized spacial score (nSPS) is 11.2. The molecule has 0 aliphatic rings. The van der Waals surface area contributed by atoms with Gasteiger partial charge in [-0.2, -0.15) is 0 Å². The Hall–Kier alpha value is -2.49. The van der Waals surface area contributed by atoms with Crippen LogP contribution in [0.4, 0.5) is 0 Å². The SMILES string of the molecule is Cc1cc(CN)cc(Oc2cccc(C(=O)NCCS(N)(=O)=O)c2)n1. The first kappa shape index (κ1) is 18.8. The van der Waals surface area contributed by atoms with Crippen molar-refractivity contribution in [2.45, 2.75) is 13.5 Å². The number of hydrogen-bond acceptors (Lipinski definition) is 6. The summed E-state index contributed by atoms with van der Waals surface area (Å²) < 4.78 is 27.4. The minimum absolute atomic E-state index is 0.0674. The lowest BCUT2D eigenvalue weighted by Gasteiger charge is -2.09. The molecule has 5 N–H and O–H groups in total. The van der Waals surface area contributed by atoms with Gasteiger partial charge in [-0.3, -0.25) is 4.79 Å². The molecule has 0 aliphatic carbocycles. The zero-order valence-electron chi connectivity index (χ0n) is 13.7. The number of nitrogens with one attached hydrogen (secondary N) is 1. The first-order chi connectivity index (χ1) is 11.8. The number of nitrogens with two attached hydrogens (primary N) is 2. The fraction of sp³-hybridized carbons (Fsp3) is 0.250. The summed E-state index contributed by atoms with van der Waals surface area (Å²) >= 11 is 0. The first-order valence-electron chi connectivity index (χ1n) is 7.51. The molecule has 0 spiro atoms. The number of carbonyl (C=O) groups excluding carboxylic acids is 1. The quantitative estimate of drug-likeness (QED) is 0.660. The van der Waals surface area contributed by atoms with Crippen molar-refractivity contribution < 1.29 is 17.9 Å². The van der Waals surface area contributed by atoms with E-state index in [1.807, 2.05) is 13.0 Å². The molecule has 1 heterocycles. The number of carbonyl (C=O) groups is 1. The second kappa shape index (κ2) is 8.06. The molecule has 0 unspecified atom stereocenters. The maximum atomic E-state index is 12.1.